The van der Waals surface area contributed by atoms with Crippen molar-refractivity contribution in [2.75, 3.05) is 0 Å². The third kappa shape index (κ3) is 3.97. The smallest absolute Gasteiger partial charge is 0.227 e. The Hall–Kier alpha value is -2.03. The summed E-state index contributed by atoms with van der Waals surface area (Å²) in [6.07, 6.45) is 1.84. The third-order valence-electron chi connectivity index (χ3n) is 3.69. The lowest BCUT2D eigenvalue weighted by Gasteiger charge is -2.16. The number of amides is 1. The number of carbonyl (C=O) groups excluding carboxylic acids is 1. The van der Waals surface area contributed by atoms with E-state index in [0.29, 0.717) is 6.54 Å². The van der Waals surface area contributed by atoms with Crippen molar-refractivity contribution in [1.29, 1.82) is 0 Å². The topological polar surface area (TPSA) is 42.2 Å². The van der Waals surface area contributed by atoms with E-state index in [1.165, 1.54) is 0 Å². The second kappa shape index (κ2) is 7.11. The number of rotatable bonds is 6. The van der Waals surface area contributed by atoms with Gasteiger partial charge in [-0.05, 0) is 31.9 Å². The first-order chi connectivity index (χ1) is 10.1. The monoisotopic (exact) mass is 285 g/mol. The number of nitrogens with one attached hydrogen (secondary N) is 1. The van der Waals surface area contributed by atoms with Crippen LogP contribution >= 0.6 is 0 Å². The fraction of sp³-hybridized carbons (Fsp3) is 0.389. The summed E-state index contributed by atoms with van der Waals surface area (Å²) in [5, 5.41) is 3.04. The van der Waals surface area contributed by atoms with Gasteiger partial charge in [0.05, 0.1) is 5.92 Å². The number of furan rings is 1. The minimum Gasteiger partial charge on any atom is -0.466 e. The maximum Gasteiger partial charge on any atom is 0.227 e. The van der Waals surface area contributed by atoms with Gasteiger partial charge in [0, 0.05) is 12.1 Å². The maximum absolute atomic E-state index is 12.5. The zero-order valence-electron chi connectivity index (χ0n) is 13.0. The minimum absolute atomic E-state index is 0.0792. The molecule has 0 fully saturated rings. The summed E-state index contributed by atoms with van der Waals surface area (Å²) in [5.74, 6) is 1.76. The molecule has 1 aromatic heterocycles. The van der Waals surface area contributed by atoms with Crippen molar-refractivity contribution in [2.24, 2.45) is 0 Å². The van der Waals surface area contributed by atoms with Crippen molar-refractivity contribution >= 4 is 5.91 Å². The van der Waals surface area contributed by atoms with Crippen molar-refractivity contribution in [3.63, 3.8) is 0 Å². The van der Waals surface area contributed by atoms with E-state index >= 15 is 0 Å². The zero-order chi connectivity index (χ0) is 15.2. The second-order valence-corrected chi connectivity index (χ2v) is 5.41. The molecule has 1 unspecified atom stereocenters. The standard InChI is InChI=1S/C18H23NO2/c1-4-8-17(15-9-6-5-7-10-15)18(20)19-12-16-11-13(2)21-14(16)3/h5-7,9-11,17H,4,8,12H2,1-3H3,(H,19,20). The Labute approximate surface area is 126 Å². The van der Waals surface area contributed by atoms with Gasteiger partial charge in [-0.3, -0.25) is 4.79 Å². The quantitative estimate of drug-likeness (QED) is 0.868. The van der Waals surface area contributed by atoms with Crippen molar-refractivity contribution in [1.82, 2.24) is 5.32 Å². The average Bonchev–Trinajstić information content (AvgIpc) is 2.81. The Kier molecular flexibility index (Phi) is 5.20. The molecule has 0 aliphatic carbocycles. The maximum atomic E-state index is 12.5. The van der Waals surface area contributed by atoms with Crippen molar-refractivity contribution in [2.45, 2.75) is 46.1 Å². The second-order valence-electron chi connectivity index (χ2n) is 5.41. The Morgan fingerprint density at radius 2 is 1.95 bits per heavy atom. The molecule has 21 heavy (non-hydrogen) atoms. The molecule has 0 radical (unpaired) electrons. The van der Waals surface area contributed by atoms with Gasteiger partial charge < -0.3 is 9.73 Å². The molecule has 0 spiro atoms. The van der Waals surface area contributed by atoms with Crippen LogP contribution in [0.4, 0.5) is 0 Å². The Bertz CT molecular complexity index is 587. The van der Waals surface area contributed by atoms with Gasteiger partial charge in [-0.2, -0.15) is 0 Å². The third-order valence-corrected chi connectivity index (χ3v) is 3.69. The molecule has 3 heteroatoms. The van der Waals surface area contributed by atoms with Gasteiger partial charge in [0.1, 0.15) is 11.5 Å². The van der Waals surface area contributed by atoms with E-state index in [4.69, 9.17) is 4.42 Å². The first-order valence-corrected chi connectivity index (χ1v) is 7.50. The van der Waals surface area contributed by atoms with Gasteiger partial charge in [-0.1, -0.05) is 43.7 Å². The van der Waals surface area contributed by atoms with E-state index in [0.717, 1.165) is 35.5 Å². The lowest BCUT2D eigenvalue weighted by atomic mass is 9.93. The summed E-state index contributed by atoms with van der Waals surface area (Å²) in [4.78, 5) is 12.5. The van der Waals surface area contributed by atoms with Crippen LogP contribution in [0.1, 0.15) is 48.3 Å². The van der Waals surface area contributed by atoms with Crippen molar-refractivity contribution in [3.05, 3.63) is 59.0 Å². The van der Waals surface area contributed by atoms with Crippen molar-refractivity contribution < 1.29 is 9.21 Å². The first kappa shape index (κ1) is 15.4. The van der Waals surface area contributed by atoms with Crippen LogP contribution < -0.4 is 5.32 Å². The molecule has 0 saturated carbocycles. The molecule has 2 rings (SSSR count). The van der Waals surface area contributed by atoms with Crippen LogP contribution in [0.3, 0.4) is 0 Å². The predicted molar refractivity (Wildman–Crippen MR) is 84.1 cm³/mol. The highest BCUT2D eigenvalue weighted by Crippen LogP contribution is 2.22. The highest BCUT2D eigenvalue weighted by Gasteiger charge is 2.19. The van der Waals surface area contributed by atoms with E-state index in [1.807, 2.05) is 50.2 Å². The molecule has 1 aromatic carbocycles. The molecule has 0 aliphatic heterocycles. The van der Waals surface area contributed by atoms with E-state index in [9.17, 15) is 4.79 Å². The van der Waals surface area contributed by atoms with Gasteiger partial charge in [0.15, 0.2) is 0 Å². The molecular weight excluding hydrogens is 262 g/mol. The molecule has 0 aliphatic rings. The van der Waals surface area contributed by atoms with E-state index < -0.39 is 0 Å². The largest absolute Gasteiger partial charge is 0.466 e. The summed E-state index contributed by atoms with van der Waals surface area (Å²) in [7, 11) is 0. The average molecular weight is 285 g/mol. The van der Waals surface area contributed by atoms with Gasteiger partial charge >= 0.3 is 0 Å². The van der Waals surface area contributed by atoms with Gasteiger partial charge in [0.25, 0.3) is 0 Å². The molecule has 3 nitrogen and oxygen atoms in total. The fourth-order valence-electron chi connectivity index (χ4n) is 2.59. The molecule has 2 aromatic rings. The highest BCUT2D eigenvalue weighted by atomic mass is 16.3. The van der Waals surface area contributed by atoms with E-state index in [2.05, 4.69) is 12.2 Å². The van der Waals surface area contributed by atoms with Crippen LogP contribution in [0.2, 0.25) is 0 Å². The molecule has 112 valence electrons. The molecule has 1 atom stereocenters. The Morgan fingerprint density at radius 3 is 2.52 bits per heavy atom. The Balaban J connectivity index is 2.04. The minimum atomic E-state index is -0.0792. The van der Waals surface area contributed by atoms with Crippen LogP contribution in [-0.2, 0) is 11.3 Å². The van der Waals surface area contributed by atoms with E-state index in [1.54, 1.807) is 0 Å². The van der Waals surface area contributed by atoms with Crippen LogP contribution in [0.15, 0.2) is 40.8 Å². The zero-order valence-corrected chi connectivity index (χ0v) is 13.0. The number of hydrogen-bond acceptors (Lipinski definition) is 2. The normalized spacial score (nSPS) is 12.1. The van der Waals surface area contributed by atoms with E-state index in [-0.39, 0.29) is 11.8 Å². The lowest BCUT2D eigenvalue weighted by molar-refractivity contribution is -0.122. The predicted octanol–water partition coefficient (Wildman–Crippen LogP) is 4.10. The summed E-state index contributed by atoms with van der Waals surface area (Å²) < 4.78 is 5.49. The summed E-state index contributed by atoms with van der Waals surface area (Å²) in [5.41, 5.74) is 2.13. The molecule has 1 heterocycles. The van der Waals surface area contributed by atoms with Gasteiger partial charge in [0.2, 0.25) is 5.91 Å². The number of aryl methyl sites for hydroxylation is 2. The molecule has 1 N–H and O–H groups in total. The molecule has 0 saturated heterocycles. The molecule has 1 amide bonds. The van der Waals surface area contributed by atoms with Crippen LogP contribution in [-0.4, -0.2) is 5.91 Å². The first-order valence-electron chi connectivity index (χ1n) is 7.50. The van der Waals surface area contributed by atoms with Crippen LogP contribution in [0, 0.1) is 13.8 Å². The van der Waals surface area contributed by atoms with Gasteiger partial charge in [-0.25, -0.2) is 0 Å². The summed E-state index contributed by atoms with van der Waals surface area (Å²) >= 11 is 0. The lowest BCUT2D eigenvalue weighted by Crippen LogP contribution is -2.29. The molecule has 0 bridgehead atoms. The van der Waals surface area contributed by atoms with Crippen LogP contribution in [0.5, 0.6) is 0 Å². The fourth-order valence-corrected chi connectivity index (χ4v) is 2.59. The summed E-state index contributed by atoms with van der Waals surface area (Å²) in [6, 6.07) is 12.0. The SMILES string of the molecule is CCCC(C(=O)NCc1cc(C)oc1C)c1ccccc1. The van der Waals surface area contributed by atoms with Crippen LogP contribution in [0.25, 0.3) is 0 Å². The number of hydrogen-bond donors (Lipinski definition) is 1. The number of carbonyl (C=O) groups is 1. The van der Waals surface area contributed by atoms with Gasteiger partial charge in [-0.15, -0.1) is 0 Å². The molecular formula is C18H23NO2. The highest BCUT2D eigenvalue weighted by molar-refractivity contribution is 5.83. The summed E-state index contributed by atoms with van der Waals surface area (Å²) in [6.45, 7) is 6.47. The Morgan fingerprint density at radius 1 is 1.24 bits per heavy atom. The van der Waals surface area contributed by atoms with Crippen molar-refractivity contribution in [3.8, 4) is 0 Å². The number of benzene rings is 1.